The van der Waals surface area contributed by atoms with Gasteiger partial charge in [0.1, 0.15) is 5.75 Å². The van der Waals surface area contributed by atoms with Gasteiger partial charge in [0.2, 0.25) is 0 Å². The number of phenols is 1. The van der Waals surface area contributed by atoms with Crippen LogP contribution in [-0.2, 0) is 6.54 Å². The molecule has 1 amide bonds. The van der Waals surface area contributed by atoms with E-state index in [4.69, 9.17) is 11.6 Å². The predicted octanol–water partition coefficient (Wildman–Crippen LogP) is 2.37. The monoisotopic (exact) mass is 262 g/mol. The molecule has 92 valence electrons. The number of nitrogens with one attached hydrogen (secondary N) is 1. The van der Waals surface area contributed by atoms with Gasteiger partial charge in [-0.2, -0.15) is 0 Å². The van der Waals surface area contributed by atoms with Crippen LogP contribution in [0.15, 0.2) is 42.7 Å². The van der Waals surface area contributed by atoms with Gasteiger partial charge in [0.25, 0.3) is 5.91 Å². The summed E-state index contributed by atoms with van der Waals surface area (Å²) in [6, 6.07) is 8.37. The summed E-state index contributed by atoms with van der Waals surface area (Å²) in [5.74, 6) is -0.175. The second-order valence-electron chi connectivity index (χ2n) is 3.67. The highest BCUT2D eigenvalue weighted by atomic mass is 35.5. The van der Waals surface area contributed by atoms with Gasteiger partial charge in [0.15, 0.2) is 0 Å². The first-order valence-corrected chi connectivity index (χ1v) is 5.71. The molecule has 0 saturated heterocycles. The molecule has 1 heterocycles. The molecule has 0 aliphatic heterocycles. The van der Waals surface area contributed by atoms with E-state index in [0.717, 1.165) is 0 Å². The van der Waals surface area contributed by atoms with Crippen molar-refractivity contribution in [2.24, 2.45) is 0 Å². The maximum atomic E-state index is 11.8. The molecule has 0 fully saturated rings. The Kier molecular flexibility index (Phi) is 3.79. The van der Waals surface area contributed by atoms with Crippen LogP contribution in [0.2, 0.25) is 5.02 Å². The Hall–Kier alpha value is -2.07. The zero-order chi connectivity index (χ0) is 13.0. The molecule has 2 rings (SSSR count). The van der Waals surface area contributed by atoms with Gasteiger partial charge in [-0.3, -0.25) is 9.78 Å². The van der Waals surface area contributed by atoms with Gasteiger partial charge in [-0.15, -0.1) is 0 Å². The lowest BCUT2D eigenvalue weighted by Crippen LogP contribution is -2.23. The maximum absolute atomic E-state index is 11.8. The number of aromatic hydroxyl groups is 1. The van der Waals surface area contributed by atoms with Gasteiger partial charge in [0.05, 0.1) is 10.6 Å². The number of halogens is 1. The topological polar surface area (TPSA) is 62.2 Å². The fourth-order valence-corrected chi connectivity index (χ4v) is 1.67. The fraction of sp³-hybridized carbons (Fsp3) is 0.0769. The van der Waals surface area contributed by atoms with Crippen LogP contribution in [0.5, 0.6) is 5.75 Å². The van der Waals surface area contributed by atoms with Crippen molar-refractivity contribution in [1.29, 1.82) is 0 Å². The molecule has 5 heteroatoms. The summed E-state index contributed by atoms with van der Waals surface area (Å²) < 4.78 is 0. The molecular weight excluding hydrogens is 252 g/mol. The van der Waals surface area contributed by atoms with Crippen molar-refractivity contribution in [1.82, 2.24) is 10.3 Å². The third kappa shape index (κ3) is 2.78. The number of pyridine rings is 1. The Morgan fingerprint density at radius 1 is 1.33 bits per heavy atom. The average molecular weight is 263 g/mol. The van der Waals surface area contributed by atoms with Crippen molar-refractivity contribution < 1.29 is 9.90 Å². The van der Waals surface area contributed by atoms with Crippen LogP contribution < -0.4 is 5.32 Å². The van der Waals surface area contributed by atoms with E-state index in [1.54, 1.807) is 30.3 Å². The highest BCUT2D eigenvalue weighted by molar-refractivity contribution is 6.33. The molecular formula is C13H11ClN2O2. The third-order valence-electron chi connectivity index (χ3n) is 2.44. The van der Waals surface area contributed by atoms with Crippen molar-refractivity contribution >= 4 is 17.5 Å². The fourth-order valence-electron chi connectivity index (χ4n) is 1.48. The van der Waals surface area contributed by atoms with Gasteiger partial charge in [0, 0.05) is 24.5 Å². The summed E-state index contributed by atoms with van der Waals surface area (Å²) >= 11 is 5.88. The Balaban J connectivity index is 2.06. The van der Waals surface area contributed by atoms with Crippen LogP contribution in [0, 0.1) is 0 Å². The number of phenolic OH excluding ortho intramolecular Hbond substituents is 1. The van der Waals surface area contributed by atoms with Crippen LogP contribution in [-0.4, -0.2) is 16.0 Å². The number of carbonyl (C=O) groups excluding carboxylic acids is 1. The number of nitrogens with zero attached hydrogens (tertiary/aromatic N) is 1. The summed E-state index contributed by atoms with van der Waals surface area (Å²) in [4.78, 5) is 15.7. The largest absolute Gasteiger partial charge is 0.508 e. The lowest BCUT2D eigenvalue weighted by atomic mass is 10.2. The summed E-state index contributed by atoms with van der Waals surface area (Å²) in [6.45, 7) is 0.233. The SMILES string of the molecule is O=C(NCc1ccccc1O)c1cnccc1Cl. The minimum Gasteiger partial charge on any atom is -0.508 e. The maximum Gasteiger partial charge on any atom is 0.254 e. The van der Waals surface area contributed by atoms with E-state index in [0.29, 0.717) is 16.1 Å². The second-order valence-corrected chi connectivity index (χ2v) is 4.07. The van der Waals surface area contributed by atoms with E-state index >= 15 is 0 Å². The van der Waals surface area contributed by atoms with Crippen molar-refractivity contribution in [3.63, 3.8) is 0 Å². The Morgan fingerprint density at radius 2 is 2.11 bits per heavy atom. The first kappa shape index (κ1) is 12.4. The number of hydrogen-bond donors (Lipinski definition) is 2. The predicted molar refractivity (Wildman–Crippen MR) is 68.5 cm³/mol. The highest BCUT2D eigenvalue weighted by Gasteiger charge is 2.10. The van der Waals surface area contributed by atoms with Crippen LogP contribution >= 0.6 is 11.6 Å². The van der Waals surface area contributed by atoms with Crippen molar-refractivity contribution in [3.8, 4) is 5.75 Å². The summed E-state index contributed by atoms with van der Waals surface area (Å²) in [7, 11) is 0. The quantitative estimate of drug-likeness (QED) is 0.893. The lowest BCUT2D eigenvalue weighted by Gasteiger charge is -2.07. The molecule has 1 aromatic carbocycles. The third-order valence-corrected chi connectivity index (χ3v) is 2.77. The zero-order valence-electron chi connectivity index (χ0n) is 9.43. The van der Waals surface area contributed by atoms with E-state index in [1.807, 2.05) is 0 Å². The summed E-state index contributed by atoms with van der Waals surface area (Å²) in [5, 5.41) is 12.6. The van der Waals surface area contributed by atoms with Gasteiger partial charge in [-0.05, 0) is 12.1 Å². The van der Waals surface area contributed by atoms with E-state index in [2.05, 4.69) is 10.3 Å². The van der Waals surface area contributed by atoms with Crippen molar-refractivity contribution in [2.75, 3.05) is 0 Å². The van der Waals surface area contributed by atoms with Crippen LogP contribution in [0.4, 0.5) is 0 Å². The van der Waals surface area contributed by atoms with Crippen molar-refractivity contribution in [3.05, 3.63) is 58.9 Å². The van der Waals surface area contributed by atoms with Gasteiger partial charge in [-0.1, -0.05) is 29.8 Å². The van der Waals surface area contributed by atoms with E-state index in [-0.39, 0.29) is 18.2 Å². The minimum atomic E-state index is -0.323. The van der Waals surface area contributed by atoms with Gasteiger partial charge in [-0.25, -0.2) is 0 Å². The number of para-hydroxylation sites is 1. The van der Waals surface area contributed by atoms with Gasteiger partial charge < -0.3 is 10.4 Å². The van der Waals surface area contributed by atoms with Crippen LogP contribution in [0.1, 0.15) is 15.9 Å². The van der Waals surface area contributed by atoms with Crippen LogP contribution in [0.3, 0.4) is 0 Å². The smallest absolute Gasteiger partial charge is 0.254 e. The molecule has 0 aliphatic carbocycles. The number of hydrogen-bond acceptors (Lipinski definition) is 3. The molecule has 0 radical (unpaired) electrons. The Labute approximate surface area is 109 Å². The first-order valence-electron chi connectivity index (χ1n) is 5.33. The molecule has 0 aliphatic rings. The average Bonchev–Trinajstić information content (AvgIpc) is 2.38. The molecule has 0 bridgehead atoms. The molecule has 4 nitrogen and oxygen atoms in total. The van der Waals surface area contributed by atoms with E-state index in [9.17, 15) is 9.90 Å². The summed E-state index contributed by atoms with van der Waals surface area (Å²) in [5.41, 5.74) is 0.959. The minimum absolute atomic E-state index is 0.148. The lowest BCUT2D eigenvalue weighted by molar-refractivity contribution is 0.0950. The molecule has 2 aromatic rings. The first-order chi connectivity index (χ1) is 8.68. The van der Waals surface area contributed by atoms with E-state index in [1.165, 1.54) is 12.4 Å². The van der Waals surface area contributed by atoms with E-state index < -0.39 is 0 Å². The molecule has 2 N–H and O–H groups in total. The van der Waals surface area contributed by atoms with Gasteiger partial charge >= 0.3 is 0 Å². The number of benzene rings is 1. The zero-order valence-corrected chi connectivity index (χ0v) is 10.2. The standard InChI is InChI=1S/C13H11ClN2O2/c14-11-5-6-15-8-10(11)13(18)16-7-9-3-1-2-4-12(9)17/h1-6,8,17H,7H2,(H,16,18). The highest BCUT2D eigenvalue weighted by Crippen LogP contribution is 2.16. The molecule has 0 atom stereocenters. The Bertz CT molecular complexity index is 572. The number of rotatable bonds is 3. The number of carbonyl (C=O) groups is 1. The molecule has 0 spiro atoms. The van der Waals surface area contributed by atoms with Crippen LogP contribution in [0.25, 0.3) is 0 Å². The second kappa shape index (κ2) is 5.51. The molecule has 0 unspecified atom stereocenters. The molecule has 1 aromatic heterocycles. The summed E-state index contributed by atoms with van der Waals surface area (Å²) in [6.07, 6.45) is 2.92. The number of amides is 1. The normalized spacial score (nSPS) is 10.1. The van der Waals surface area contributed by atoms with Crippen molar-refractivity contribution in [2.45, 2.75) is 6.54 Å². The Morgan fingerprint density at radius 3 is 2.83 bits per heavy atom. The number of aromatic nitrogens is 1. The molecule has 18 heavy (non-hydrogen) atoms. The molecule has 0 saturated carbocycles.